The molecule has 5 nitrogen and oxygen atoms in total. The number of hydrogen-bond acceptors (Lipinski definition) is 3. The van der Waals surface area contributed by atoms with E-state index in [9.17, 15) is 22.8 Å². The Bertz CT molecular complexity index is 1030. The van der Waals surface area contributed by atoms with E-state index in [0.717, 1.165) is 6.07 Å². The average Bonchev–Trinajstić information content (AvgIpc) is 3.26. The van der Waals surface area contributed by atoms with Crippen molar-refractivity contribution in [1.82, 2.24) is 14.9 Å². The van der Waals surface area contributed by atoms with Crippen LogP contribution in [-0.2, 0) is 4.79 Å². The molecule has 1 atom stereocenters. The first kappa shape index (κ1) is 20.1. The Morgan fingerprint density at radius 2 is 1.65 bits per heavy atom. The molecule has 0 N–H and O–H groups in total. The maximum Gasteiger partial charge on any atom is 0.253 e. The number of piperidine rings is 1. The van der Waals surface area contributed by atoms with Gasteiger partial charge >= 0.3 is 0 Å². The molecule has 5 rings (SSSR count). The molecule has 2 aromatic rings. The van der Waals surface area contributed by atoms with Gasteiger partial charge in [-0.1, -0.05) is 6.07 Å². The molecule has 0 unspecified atom stereocenters. The lowest BCUT2D eigenvalue weighted by atomic mass is 9.77. The molecule has 3 fully saturated rings. The summed E-state index contributed by atoms with van der Waals surface area (Å²) >= 11 is 0. The summed E-state index contributed by atoms with van der Waals surface area (Å²) < 4.78 is 40.9. The number of fused-ring (bicyclic) bond motifs is 1. The lowest BCUT2D eigenvalue weighted by Gasteiger charge is -2.38. The lowest BCUT2D eigenvalue weighted by Crippen LogP contribution is -2.48. The fraction of sp³-hybridized carbons (Fsp3) is 0.391. The maximum absolute atomic E-state index is 13.7. The second-order valence-electron chi connectivity index (χ2n) is 8.63. The maximum atomic E-state index is 13.7. The second kappa shape index (κ2) is 7.37. The molecule has 8 heteroatoms. The van der Waals surface area contributed by atoms with Gasteiger partial charge in [0, 0.05) is 37.8 Å². The highest BCUT2D eigenvalue weighted by atomic mass is 19.1. The van der Waals surface area contributed by atoms with E-state index in [1.165, 1.54) is 30.3 Å². The number of nitrogens with zero attached hydrogens (tertiary/aromatic N) is 3. The van der Waals surface area contributed by atoms with Crippen molar-refractivity contribution in [3.63, 3.8) is 0 Å². The van der Waals surface area contributed by atoms with Crippen LogP contribution in [-0.4, -0.2) is 52.9 Å². The minimum absolute atomic E-state index is 0.0440. The number of hydrogen-bond donors (Lipinski definition) is 0. The van der Waals surface area contributed by atoms with Crippen LogP contribution >= 0.6 is 0 Å². The van der Waals surface area contributed by atoms with Crippen LogP contribution in [0.4, 0.5) is 13.2 Å². The molecule has 3 saturated heterocycles. The van der Waals surface area contributed by atoms with Crippen molar-refractivity contribution < 1.29 is 22.8 Å². The molecule has 0 aromatic heterocycles. The van der Waals surface area contributed by atoms with Gasteiger partial charge in [0.1, 0.15) is 17.5 Å². The fourth-order valence-corrected chi connectivity index (χ4v) is 5.17. The Hall–Kier alpha value is -2.87. The standard InChI is InChI=1S/C23H22F3N3O2/c24-17-3-1-2-15(10-17)21(30)27-8-5-23(6-9-27)14-28-7-4-20(29(28)22(23)31)16-11-18(25)13-19(26)12-16/h1-3,10-13,20H,4-9,14H2/t20-/m0/s1. The number of halogens is 3. The Balaban J connectivity index is 1.32. The van der Waals surface area contributed by atoms with Crippen LogP contribution in [0.2, 0.25) is 0 Å². The number of likely N-dealkylation sites (tertiary alicyclic amines) is 1. The Labute approximate surface area is 178 Å². The van der Waals surface area contributed by atoms with E-state index in [1.807, 2.05) is 5.01 Å². The van der Waals surface area contributed by atoms with Crippen LogP contribution in [0.15, 0.2) is 42.5 Å². The van der Waals surface area contributed by atoms with Crippen molar-refractivity contribution >= 4 is 11.8 Å². The normalized spacial score (nSPS) is 22.9. The smallest absolute Gasteiger partial charge is 0.253 e. The third-order valence-corrected chi connectivity index (χ3v) is 6.76. The first-order valence-corrected chi connectivity index (χ1v) is 10.5. The van der Waals surface area contributed by atoms with Gasteiger partial charge in [0.2, 0.25) is 5.91 Å². The van der Waals surface area contributed by atoms with Gasteiger partial charge in [0.25, 0.3) is 5.91 Å². The van der Waals surface area contributed by atoms with E-state index in [-0.39, 0.29) is 17.9 Å². The van der Waals surface area contributed by atoms with Gasteiger partial charge in [-0.05, 0) is 55.2 Å². The van der Waals surface area contributed by atoms with Gasteiger partial charge in [-0.3, -0.25) is 14.6 Å². The highest BCUT2D eigenvalue weighted by Crippen LogP contribution is 2.47. The van der Waals surface area contributed by atoms with Gasteiger partial charge in [-0.2, -0.15) is 0 Å². The second-order valence-corrected chi connectivity index (χ2v) is 8.63. The third-order valence-electron chi connectivity index (χ3n) is 6.76. The molecule has 3 aliphatic rings. The van der Waals surface area contributed by atoms with E-state index in [0.29, 0.717) is 56.6 Å². The van der Waals surface area contributed by atoms with Crippen molar-refractivity contribution in [2.24, 2.45) is 5.41 Å². The monoisotopic (exact) mass is 429 g/mol. The summed E-state index contributed by atoms with van der Waals surface area (Å²) in [5, 5.41) is 3.64. The summed E-state index contributed by atoms with van der Waals surface area (Å²) in [5.41, 5.74) is 0.152. The first-order chi connectivity index (χ1) is 14.9. The number of carbonyl (C=O) groups is 2. The SMILES string of the molecule is O=C(c1cccc(F)c1)N1CCC2(CC1)CN1CC[C@@H](c3cc(F)cc(F)c3)N1C2=O. The Morgan fingerprint density at radius 1 is 0.935 bits per heavy atom. The summed E-state index contributed by atoms with van der Waals surface area (Å²) in [6, 6.07) is 8.62. The molecule has 162 valence electrons. The molecule has 3 heterocycles. The highest BCUT2D eigenvalue weighted by molar-refractivity contribution is 5.94. The predicted octanol–water partition coefficient (Wildman–Crippen LogP) is 3.53. The van der Waals surface area contributed by atoms with Gasteiger partial charge in [0.15, 0.2) is 0 Å². The van der Waals surface area contributed by atoms with Gasteiger partial charge in [-0.25, -0.2) is 18.2 Å². The fourth-order valence-electron chi connectivity index (χ4n) is 5.17. The quantitative estimate of drug-likeness (QED) is 0.734. The van der Waals surface area contributed by atoms with Gasteiger partial charge in [0.05, 0.1) is 11.5 Å². The van der Waals surface area contributed by atoms with E-state index < -0.39 is 22.9 Å². The summed E-state index contributed by atoms with van der Waals surface area (Å²) in [6.45, 7) is 1.99. The van der Waals surface area contributed by atoms with Crippen LogP contribution in [0, 0.1) is 22.9 Å². The molecule has 0 aliphatic carbocycles. The van der Waals surface area contributed by atoms with Crippen LogP contribution in [0.25, 0.3) is 0 Å². The summed E-state index contributed by atoms with van der Waals surface area (Å²) in [7, 11) is 0. The van der Waals surface area contributed by atoms with Crippen LogP contribution in [0.3, 0.4) is 0 Å². The predicted molar refractivity (Wildman–Crippen MR) is 106 cm³/mol. The molecular formula is C23H22F3N3O2. The van der Waals surface area contributed by atoms with Crippen molar-refractivity contribution in [2.75, 3.05) is 26.2 Å². The zero-order chi connectivity index (χ0) is 21.8. The number of hydrazine groups is 1. The molecule has 3 aliphatic heterocycles. The average molecular weight is 429 g/mol. The van der Waals surface area contributed by atoms with E-state index in [2.05, 4.69) is 0 Å². The summed E-state index contributed by atoms with van der Waals surface area (Å²) in [5.74, 6) is -2.05. The molecule has 0 bridgehead atoms. The minimum atomic E-state index is -0.654. The Kier molecular flexibility index (Phi) is 4.77. The number of rotatable bonds is 2. The molecule has 0 radical (unpaired) electrons. The van der Waals surface area contributed by atoms with Crippen LogP contribution in [0.1, 0.15) is 41.2 Å². The molecule has 2 aromatic carbocycles. The van der Waals surface area contributed by atoms with Crippen LogP contribution < -0.4 is 0 Å². The zero-order valence-corrected chi connectivity index (χ0v) is 16.9. The largest absolute Gasteiger partial charge is 0.339 e. The number of amides is 2. The first-order valence-electron chi connectivity index (χ1n) is 10.5. The Morgan fingerprint density at radius 3 is 2.32 bits per heavy atom. The summed E-state index contributed by atoms with van der Waals surface area (Å²) in [6.07, 6.45) is 1.63. The molecule has 1 spiro atoms. The van der Waals surface area contributed by atoms with Crippen molar-refractivity contribution in [2.45, 2.75) is 25.3 Å². The minimum Gasteiger partial charge on any atom is -0.339 e. The van der Waals surface area contributed by atoms with Crippen molar-refractivity contribution in [3.8, 4) is 0 Å². The number of carbonyl (C=O) groups excluding carboxylic acids is 2. The van der Waals surface area contributed by atoms with E-state index in [4.69, 9.17) is 0 Å². The van der Waals surface area contributed by atoms with Gasteiger partial charge in [-0.15, -0.1) is 0 Å². The van der Waals surface area contributed by atoms with Crippen molar-refractivity contribution in [3.05, 3.63) is 71.0 Å². The van der Waals surface area contributed by atoms with Gasteiger partial charge < -0.3 is 4.90 Å². The molecular weight excluding hydrogens is 407 g/mol. The molecule has 31 heavy (non-hydrogen) atoms. The third kappa shape index (κ3) is 3.39. The van der Waals surface area contributed by atoms with E-state index >= 15 is 0 Å². The summed E-state index contributed by atoms with van der Waals surface area (Å²) in [4.78, 5) is 27.8. The van der Waals surface area contributed by atoms with Crippen LogP contribution in [0.5, 0.6) is 0 Å². The highest BCUT2D eigenvalue weighted by Gasteiger charge is 2.56. The lowest BCUT2D eigenvalue weighted by molar-refractivity contribution is -0.144. The zero-order valence-electron chi connectivity index (χ0n) is 16.9. The topological polar surface area (TPSA) is 43.9 Å². The molecule has 0 saturated carbocycles. The number of benzene rings is 2. The molecule has 2 amide bonds. The van der Waals surface area contributed by atoms with E-state index in [1.54, 1.807) is 16.0 Å². The van der Waals surface area contributed by atoms with Crippen molar-refractivity contribution in [1.29, 1.82) is 0 Å².